The molecule has 0 radical (unpaired) electrons. The first kappa shape index (κ1) is 20.8. The van der Waals surface area contributed by atoms with E-state index < -0.39 is 0 Å². The van der Waals surface area contributed by atoms with E-state index in [1.165, 1.54) is 0 Å². The van der Waals surface area contributed by atoms with E-state index in [1.54, 1.807) is 0 Å². The molecule has 0 amide bonds. The van der Waals surface area contributed by atoms with Gasteiger partial charge in [0.05, 0.1) is 11.8 Å². The lowest BCUT2D eigenvalue weighted by molar-refractivity contribution is -0.120. The third-order valence-electron chi connectivity index (χ3n) is 5.24. The smallest absolute Gasteiger partial charge is 0.156 e. The summed E-state index contributed by atoms with van der Waals surface area (Å²) in [7, 11) is 0. The third kappa shape index (κ3) is 4.63. The molecule has 0 heterocycles. The van der Waals surface area contributed by atoms with Crippen molar-refractivity contribution in [1.82, 2.24) is 0 Å². The summed E-state index contributed by atoms with van der Waals surface area (Å²) in [5.74, 6) is -0.543. The molecule has 2 atom stereocenters. The number of hydrogen-bond donors (Lipinski definition) is 0. The fourth-order valence-electron chi connectivity index (χ4n) is 3.81. The minimum Gasteiger partial charge on any atom is -0.298 e. The van der Waals surface area contributed by atoms with Crippen LogP contribution in [0.4, 0.5) is 0 Å². The first-order valence-electron chi connectivity index (χ1n) is 9.78. The summed E-state index contributed by atoms with van der Waals surface area (Å²) in [6.07, 6.45) is 0. The normalized spacial score (nSPS) is 12.9. The Morgan fingerprint density at radius 3 is 1.10 bits per heavy atom. The van der Waals surface area contributed by atoms with E-state index in [4.69, 9.17) is 0 Å². The van der Waals surface area contributed by atoms with Crippen LogP contribution in [-0.4, -0.2) is 5.78 Å². The molecule has 0 N–H and O–H groups in total. The molecule has 0 aliphatic heterocycles. The van der Waals surface area contributed by atoms with Crippen molar-refractivity contribution in [2.24, 2.45) is 0 Å². The van der Waals surface area contributed by atoms with Crippen LogP contribution in [0, 0.1) is 0 Å². The Labute approximate surface area is 194 Å². The predicted octanol–water partition coefficient (Wildman–Crippen LogP) is 7.74. The zero-order chi connectivity index (χ0) is 20.9. The molecular formula is C27H20Br2O. The number of benzene rings is 4. The molecule has 0 aromatic heterocycles. The first-order valence-corrected chi connectivity index (χ1v) is 11.4. The second-order valence-corrected chi connectivity index (χ2v) is 9.02. The predicted molar refractivity (Wildman–Crippen MR) is 130 cm³/mol. The van der Waals surface area contributed by atoms with Gasteiger partial charge in [0.1, 0.15) is 0 Å². The number of halogens is 2. The van der Waals surface area contributed by atoms with Gasteiger partial charge in [0.2, 0.25) is 0 Å². The second kappa shape index (κ2) is 9.55. The van der Waals surface area contributed by atoms with Gasteiger partial charge in [0.15, 0.2) is 5.78 Å². The van der Waals surface area contributed by atoms with Gasteiger partial charge in [0, 0.05) is 8.95 Å². The van der Waals surface area contributed by atoms with Crippen LogP contribution in [0.2, 0.25) is 0 Å². The highest BCUT2D eigenvalue weighted by Crippen LogP contribution is 2.36. The maximum Gasteiger partial charge on any atom is 0.156 e. The van der Waals surface area contributed by atoms with Crippen LogP contribution < -0.4 is 0 Å². The molecule has 4 aromatic rings. The Morgan fingerprint density at radius 1 is 0.467 bits per heavy atom. The fraction of sp³-hybridized carbons (Fsp3) is 0.0741. The van der Waals surface area contributed by atoms with Gasteiger partial charge < -0.3 is 0 Å². The highest BCUT2D eigenvalue weighted by atomic mass is 79.9. The number of Topliss-reactive ketones (excluding diaryl/α,β-unsaturated/α-hetero) is 1. The number of carbonyl (C=O) groups is 1. The highest BCUT2D eigenvalue weighted by molar-refractivity contribution is 9.10. The summed E-state index contributed by atoms with van der Waals surface area (Å²) in [4.78, 5) is 14.2. The number of carbonyl (C=O) groups excluding carboxylic acids is 1. The van der Waals surface area contributed by atoms with Crippen molar-refractivity contribution in [3.8, 4) is 0 Å². The zero-order valence-corrected chi connectivity index (χ0v) is 19.4. The summed E-state index contributed by atoms with van der Waals surface area (Å²) < 4.78 is 2.00. The van der Waals surface area contributed by atoms with Gasteiger partial charge in [-0.1, -0.05) is 117 Å². The van der Waals surface area contributed by atoms with Crippen LogP contribution in [-0.2, 0) is 4.79 Å². The van der Waals surface area contributed by atoms with Crippen molar-refractivity contribution < 1.29 is 4.79 Å². The number of rotatable bonds is 6. The third-order valence-corrected chi connectivity index (χ3v) is 6.30. The average Bonchev–Trinajstić information content (AvgIpc) is 2.78. The Morgan fingerprint density at radius 2 is 0.767 bits per heavy atom. The number of ketones is 1. The maximum atomic E-state index is 14.2. The largest absolute Gasteiger partial charge is 0.298 e. The van der Waals surface area contributed by atoms with Crippen LogP contribution in [0.3, 0.4) is 0 Å². The molecule has 1 nitrogen and oxygen atoms in total. The Bertz CT molecular complexity index is 1010. The zero-order valence-electron chi connectivity index (χ0n) is 16.2. The Hall–Kier alpha value is -2.49. The summed E-state index contributed by atoms with van der Waals surface area (Å²) >= 11 is 7.02. The van der Waals surface area contributed by atoms with Crippen LogP contribution >= 0.6 is 31.9 Å². The lowest BCUT2D eigenvalue weighted by Gasteiger charge is -2.24. The fourth-order valence-corrected chi connectivity index (χ4v) is 4.34. The summed E-state index contributed by atoms with van der Waals surface area (Å²) in [6.45, 7) is 0. The van der Waals surface area contributed by atoms with E-state index in [2.05, 4.69) is 31.9 Å². The Balaban J connectivity index is 1.86. The van der Waals surface area contributed by atoms with Crippen LogP contribution in [0.15, 0.2) is 118 Å². The quantitative estimate of drug-likeness (QED) is 0.254. The van der Waals surface area contributed by atoms with Crippen molar-refractivity contribution in [2.75, 3.05) is 0 Å². The molecule has 148 valence electrons. The lowest BCUT2D eigenvalue weighted by atomic mass is 9.77. The summed E-state index contributed by atoms with van der Waals surface area (Å²) in [6, 6.07) is 36.2. The van der Waals surface area contributed by atoms with Crippen molar-refractivity contribution in [3.05, 3.63) is 140 Å². The molecular weight excluding hydrogens is 500 g/mol. The lowest BCUT2D eigenvalue weighted by Crippen LogP contribution is -2.23. The minimum atomic E-state index is -0.354. The molecule has 0 fully saturated rings. The van der Waals surface area contributed by atoms with Gasteiger partial charge in [-0.05, 0) is 46.5 Å². The van der Waals surface area contributed by atoms with E-state index in [9.17, 15) is 4.79 Å². The highest BCUT2D eigenvalue weighted by Gasteiger charge is 2.31. The van der Waals surface area contributed by atoms with Crippen molar-refractivity contribution in [3.63, 3.8) is 0 Å². The van der Waals surface area contributed by atoms with Crippen molar-refractivity contribution in [1.29, 1.82) is 0 Å². The van der Waals surface area contributed by atoms with Crippen molar-refractivity contribution in [2.45, 2.75) is 11.8 Å². The van der Waals surface area contributed by atoms with Crippen LogP contribution in [0.1, 0.15) is 34.1 Å². The van der Waals surface area contributed by atoms with Crippen molar-refractivity contribution >= 4 is 37.6 Å². The second-order valence-electron chi connectivity index (χ2n) is 7.19. The monoisotopic (exact) mass is 518 g/mol. The minimum absolute atomic E-state index is 0.164. The van der Waals surface area contributed by atoms with Gasteiger partial charge in [-0.2, -0.15) is 0 Å². The molecule has 4 rings (SSSR count). The van der Waals surface area contributed by atoms with Gasteiger partial charge >= 0.3 is 0 Å². The van der Waals surface area contributed by atoms with Gasteiger partial charge in [-0.25, -0.2) is 0 Å². The molecule has 0 bridgehead atoms. The summed E-state index contributed by atoms with van der Waals surface area (Å²) in [5, 5.41) is 0. The SMILES string of the molecule is O=C(C(c1ccccc1)c1ccc(Br)cc1)C(c1ccccc1)c1ccc(Br)cc1. The molecule has 0 saturated heterocycles. The standard InChI is InChI=1S/C27H20Br2O/c28-23-15-11-21(12-16-23)25(19-7-3-1-4-8-19)27(30)26(20-9-5-2-6-10-20)22-13-17-24(29)18-14-22/h1-18,25-26H. The molecule has 2 unspecified atom stereocenters. The first-order chi connectivity index (χ1) is 14.6. The molecule has 3 heteroatoms. The topological polar surface area (TPSA) is 17.1 Å². The molecule has 0 aliphatic carbocycles. The molecule has 0 spiro atoms. The van der Waals surface area contributed by atoms with Gasteiger partial charge in [-0.15, -0.1) is 0 Å². The molecule has 0 aliphatic rings. The maximum absolute atomic E-state index is 14.2. The van der Waals surface area contributed by atoms with E-state index in [-0.39, 0.29) is 17.6 Å². The van der Waals surface area contributed by atoms with E-state index in [1.807, 2.05) is 109 Å². The van der Waals surface area contributed by atoms with E-state index in [0.717, 1.165) is 31.2 Å². The van der Waals surface area contributed by atoms with Crippen LogP contribution in [0.5, 0.6) is 0 Å². The summed E-state index contributed by atoms with van der Waals surface area (Å²) in [5.41, 5.74) is 3.99. The number of hydrogen-bond acceptors (Lipinski definition) is 1. The van der Waals surface area contributed by atoms with E-state index in [0.29, 0.717) is 0 Å². The van der Waals surface area contributed by atoms with E-state index >= 15 is 0 Å². The Kier molecular flexibility index (Phi) is 6.61. The average molecular weight is 520 g/mol. The molecule has 30 heavy (non-hydrogen) atoms. The molecule has 0 saturated carbocycles. The molecule has 4 aromatic carbocycles. The van der Waals surface area contributed by atoms with Gasteiger partial charge in [-0.3, -0.25) is 4.79 Å². The van der Waals surface area contributed by atoms with Gasteiger partial charge in [0.25, 0.3) is 0 Å². The van der Waals surface area contributed by atoms with Crippen LogP contribution in [0.25, 0.3) is 0 Å².